The van der Waals surface area contributed by atoms with Crippen molar-refractivity contribution in [3.8, 4) is 0 Å². The Morgan fingerprint density at radius 1 is 1.53 bits per heavy atom. The molecule has 3 N–H and O–H groups in total. The SMILES string of the molecule is CCC1CCCN(C(=O)c2ccc(NN)c(C)c2)C1. The van der Waals surface area contributed by atoms with Crippen LogP contribution < -0.4 is 11.3 Å². The van der Waals surface area contributed by atoms with Crippen molar-refractivity contribution in [2.75, 3.05) is 18.5 Å². The third-order valence-corrected chi connectivity index (χ3v) is 4.01. The summed E-state index contributed by atoms with van der Waals surface area (Å²) < 4.78 is 0. The number of hydrazine groups is 1. The van der Waals surface area contributed by atoms with Gasteiger partial charge in [-0.25, -0.2) is 0 Å². The number of anilines is 1. The molecule has 1 atom stereocenters. The Hall–Kier alpha value is -1.55. The maximum absolute atomic E-state index is 12.5. The van der Waals surface area contributed by atoms with Gasteiger partial charge in [-0.15, -0.1) is 0 Å². The van der Waals surface area contributed by atoms with Crippen LogP contribution in [0.1, 0.15) is 42.1 Å². The predicted octanol–water partition coefficient (Wildman–Crippen LogP) is 2.54. The highest BCUT2D eigenvalue weighted by Gasteiger charge is 2.23. The molecule has 1 fully saturated rings. The lowest BCUT2D eigenvalue weighted by Crippen LogP contribution is -2.39. The number of amides is 1. The number of carbonyl (C=O) groups is 1. The molecule has 1 aliphatic rings. The summed E-state index contributed by atoms with van der Waals surface area (Å²) in [6.07, 6.45) is 3.51. The number of nitrogens with zero attached hydrogens (tertiary/aromatic N) is 1. The minimum Gasteiger partial charge on any atom is -0.338 e. The van der Waals surface area contributed by atoms with Gasteiger partial charge in [-0.05, 0) is 49.4 Å². The van der Waals surface area contributed by atoms with E-state index in [4.69, 9.17) is 5.84 Å². The largest absolute Gasteiger partial charge is 0.338 e. The van der Waals surface area contributed by atoms with Crippen LogP contribution in [-0.2, 0) is 0 Å². The van der Waals surface area contributed by atoms with E-state index in [-0.39, 0.29) is 5.91 Å². The highest BCUT2D eigenvalue weighted by molar-refractivity contribution is 5.95. The molecule has 1 heterocycles. The van der Waals surface area contributed by atoms with Gasteiger partial charge >= 0.3 is 0 Å². The number of hydrogen-bond donors (Lipinski definition) is 2. The van der Waals surface area contributed by atoms with Gasteiger partial charge in [-0.1, -0.05) is 13.3 Å². The second kappa shape index (κ2) is 6.06. The molecule has 0 bridgehead atoms. The van der Waals surface area contributed by atoms with Crippen LogP contribution in [0.3, 0.4) is 0 Å². The molecule has 1 aliphatic heterocycles. The van der Waals surface area contributed by atoms with Crippen LogP contribution in [0.4, 0.5) is 5.69 Å². The van der Waals surface area contributed by atoms with E-state index in [0.29, 0.717) is 5.92 Å². The average molecular weight is 261 g/mol. The highest BCUT2D eigenvalue weighted by Crippen LogP contribution is 2.22. The molecule has 0 radical (unpaired) electrons. The number of nitrogens with one attached hydrogen (secondary N) is 1. The van der Waals surface area contributed by atoms with Crippen molar-refractivity contribution in [3.05, 3.63) is 29.3 Å². The van der Waals surface area contributed by atoms with Gasteiger partial charge in [0.1, 0.15) is 0 Å². The number of hydrogen-bond acceptors (Lipinski definition) is 3. The number of piperidine rings is 1. The Morgan fingerprint density at radius 3 is 2.95 bits per heavy atom. The zero-order valence-electron chi connectivity index (χ0n) is 11.8. The first-order valence-corrected chi connectivity index (χ1v) is 7.02. The van der Waals surface area contributed by atoms with Crippen molar-refractivity contribution in [2.45, 2.75) is 33.1 Å². The molecular formula is C15H23N3O. The lowest BCUT2D eigenvalue weighted by molar-refractivity contribution is 0.0671. The number of likely N-dealkylation sites (tertiary alicyclic amines) is 1. The molecule has 1 saturated heterocycles. The fourth-order valence-electron chi connectivity index (χ4n) is 2.72. The van der Waals surface area contributed by atoms with Gasteiger partial charge in [-0.2, -0.15) is 0 Å². The molecule has 0 aliphatic carbocycles. The quantitative estimate of drug-likeness (QED) is 0.649. The topological polar surface area (TPSA) is 58.4 Å². The van der Waals surface area contributed by atoms with E-state index in [1.807, 2.05) is 30.0 Å². The second-order valence-corrected chi connectivity index (χ2v) is 5.34. The molecule has 1 unspecified atom stereocenters. The van der Waals surface area contributed by atoms with Crippen LogP contribution in [0.5, 0.6) is 0 Å². The number of benzene rings is 1. The Bertz CT molecular complexity index is 459. The normalized spacial score (nSPS) is 19.3. The predicted molar refractivity (Wildman–Crippen MR) is 77.9 cm³/mol. The van der Waals surface area contributed by atoms with E-state index >= 15 is 0 Å². The Kier molecular flexibility index (Phi) is 4.43. The van der Waals surface area contributed by atoms with Gasteiger partial charge in [0.25, 0.3) is 5.91 Å². The van der Waals surface area contributed by atoms with Crippen LogP contribution in [0.15, 0.2) is 18.2 Å². The molecular weight excluding hydrogens is 238 g/mol. The van der Waals surface area contributed by atoms with Crippen LogP contribution in [0, 0.1) is 12.8 Å². The molecule has 4 nitrogen and oxygen atoms in total. The summed E-state index contributed by atoms with van der Waals surface area (Å²) in [5.74, 6) is 6.21. The maximum Gasteiger partial charge on any atom is 0.253 e. The monoisotopic (exact) mass is 261 g/mol. The van der Waals surface area contributed by atoms with Gasteiger partial charge in [0.2, 0.25) is 0 Å². The number of nitrogen functional groups attached to an aromatic ring is 1. The molecule has 1 aromatic carbocycles. The first kappa shape index (κ1) is 13.9. The zero-order chi connectivity index (χ0) is 13.8. The number of nitrogens with two attached hydrogens (primary N) is 1. The lowest BCUT2D eigenvalue weighted by atomic mass is 9.95. The highest BCUT2D eigenvalue weighted by atomic mass is 16.2. The summed E-state index contributed by atoms with van der Waals surface area (Å²) in [6, 6.07) is 5.62. The molecule has 4 heteroatoms. The average Bonchev–Trinajstić information content (AvgIpc) is 2.46. The zero-order valence-corrected chi connectivity index (χ0v) is 11.8. The van der Waals surface area contributed by atoms with Crippen LogP contribution in [0.25, 0.3) is 0 Å². The molecule has 0 spiro atoms. The smallest absolute Gasteiger partial charge is 0.253 e. The fraction of sp³-hybridized carbons (Fsp3) is 0.533. The summed E-state index contributed by atoms with van der Waals surface area (Å²) >= 11 is 0. The minimum atomic E-state index is 0.143. The van der Waals surface area contributed by atoms with Crippen LogP contribution >= 0.6 is 0 Å². The Morgan fingerprint density at radius 2 is 2.32 bits per heavy atom. The van der Waals surface area contributed by atoms with Crippen molar-refractivity contribution in [3.63, 3.8) is 0 Å². The van der Waals surface area contributed by atoms with E-state index in [1.165, 1.54) is 6.42 Å². The molecule has 1 amide bonds. The Balaban J connectivity index is 2.12. The van der Waals surface area contributed by atoms with E-state index < -0.39 is 0 Å². The first-order chi connectivity index (χ1) is 9.15. The van der Waals surface area contributed by atoms with E-state index in [2.05, 4.69) is 12.3 Å². The number of aryl methyl sites for hydroxylation is 1. The number of rotatable bonds is 3. The van der Waals surface area contributed by atoms with Gasteiger partial charge < -0.3 is 10.3 Å². The van der Waals surface area contributed by atoms with Gasteiger partial charge in [0.05, 0.1) is 5.69 Å². The minimum absolute atomic E-state index is 0.143. The van der Waals surface area contributed by atoms with E-state index in [1.54, 1.807) is 0 Å². The van der Waals surface area contributed by atoms with Gasteiger partial charge in [0.15, 0.2) is 0 Å². The second-order valence-electron chi connectivity index (χ2n) is 5.34. The van der Waals surface area contributed by atoms with Crippen molar-refractivity contribution < 1.29 is 4.79 Å². The molecule has 104 valence electrons. The summed E-state index contributed by atoms with van der Waals surface area (Å²) in [5.41, 5.74) is 5.25. The van der Waals surface area contributed by atoms with E-state index in [9.17, 15) is 4.79 Å². The molecule has 0 saturated carbocycles. The van der Waals surface area contributed by atoms with Crippen LogP contribution in [0.2, 0.25) is 0 Å². The number of carbonyl (C=O) groups excluding carboxylic acids is 1. The summed E-state index contributed by atoms with van der Waals surface area (Å²) in [4.78, 5) is 14.5. The summed E-state index contributed by atoms with van der Waals surface area (Å²) in [6.45, 7) is 5.93. The fourth-order valence-corrected chi connectivity index (χ4v) is 2.72. The maximum atomic E-state index is 12.5. The van der Waals surface area contributed by atoms with Crippen molar-refractivity contribution in [1.82, 2.24) is 4.90 Å². The third kappa shape index (κ3) is 3.07. The first-order valence-electron chi connectivity index (χ1n) is 7.02. The van der Waals surface area contributed by atoms with Crippen LogP contribution in [-0.4, -0.2) is 23.9 Å². The third-order valence-electron chi connectivity index (χ3n) is 4.01. The molecule has 1 aromatic rings. The summed E-state index contributed by atoms with van der Waals surface area (Å²) in [5, 5.41) is 0. The molecule has 0 aromatic heterocycles. The molecule has 19 heavy (non-hydrogen) atoms. The standard InChI is InChI=1S/C15H23N3O/c1-3-12-5-4-8-18(10-12)15(19)13-6-7-14(17-16)11(2)9-13/h6-7,9,12,17H,3-5,8,10,16H2,1-2H3. The Labute approximate surface area is 114 Å². The lowest BCUT2D eigenvalue weighted by Gasteiger charge is -2.32. The van der Waals surface area contributed by atoms with E-state index in [0.717, 1.165) is 42.7 Å². The van der Waals surface area contributed by atoms with Gasteiger partial charge in [-0.3, -0.25) is 10.6 Å². The van der Waals surface area contributed by atoms with Gasteiger partial charge in [0, 0.05) is 18.7 Å². The van der Waals surface area contributed by atoms with Crippen molar-refractivity contribution in [2.24, 2.45) is 11.8 Å². The van der Waals surface area contributed by atoms with Crippen molar-refractivity contribution >= 4 is 11.6 Å². The van der Waals surface area contributed by atoms with Crippen molar-refractivity contribution in [1.29, 1.82) is 0 Å². The molecule has 2 rings (SSSR count). The summed E-state index contributed by atoms with van der Waals surface area (Å²) in [7, 11) is 0.